The minimum absolute atomic E-state index is 0.0852. The van der Waals surface area contributed by atoms with E-state index in [1.807, 2.05) is 0 Å². The van der Waals surface area contributed by atoms with Gasteiger partial charge in [-0.3, -0.25) is 0 Å². The second-order valence-electron chi connectivity index (χ2n) is 4.13. The van der Waals surface area contributed by atoms with E-state index in [0.29, 0.717) is 6.54 Å². The molecule has 1 aromatic carbocycles. The number of urea groups is 1. The van der Waals surface area contributed by atoms with Gasteiger partial charge in [-0.15, -0.1) is 0 Å². The van der Waals surface area contributed by atoms with Crippen molar-refractivity contribution < 1.29 is 4.79 Å². The molecule has 0 aliphatic heterocycles. The maximum atomic E-state index is 11.4. The molecular weight excluding hydrogens is 212 g/mol. The molecule has 0 heterocycles. The van der Waals surface area contributed by atoms with Crippen molar-refractivity contribution in [3.8, 4) is 0 Å². The molecule has 0 aliphatic rings. The summed E-state index contributed by atoms with van der Waals surface area (Å²) in [4.78, 5) is 11.4. The molecule has 2 amide bonds. The standard InChI is InChI=1S/C14H22N2O/c1-3-5-10-15-14(17)16-11-13-8-6-12(4-2)7-9-13/h6-9H,3-5,10-11H2,1-2H3,(H2,15,16,17). The molecule has 2 N–H and O–H groups in total. The van der Waals surface area contributed by atoms with Crippen LogP contribution in [-0.2, 0) is 13.0 Å². The van der Waals surface area contributed by atoms with Crippen molar-refractivity contribution in [3.63, 3.8) is 0 Å². The van der Waals surface area contributed by atoms with Gasteiger partial charge in [0.1, 0.15) is 0 Å². The third-order valence-electron chi connectivity index (χ3n) is 2.70. The Labute approximate surface area is 104 Å². The van der Waals surface area contributed by atoms with Gasteiger partial charge >= 0.3 is 6.03 Å². The van der Waals surface area contributed by atoms with Gasteiger partial charge in [0.15, 0.2) is 0 Å². The topological polar surface area (TPSA) is 41.1 Å². The molecule has 17 heavy (non-hydrogen) atoms. The molecule has 3 nitrogen and oxygen atoms in total. The molecule has 0 saturated heterocycles. The molecule has 94 valence electrons. The first-order valence-electron chi connectivity index (χ1n) is 6.35. The molecule has 1 aromatic rings. The predicted octanol–water partition coefficient (Wildman–Crippen LogP) is 2.85. The van der Waals surface area contributed by atoms with Gasteiger partial charge in [0.05, 0.1) is 0 Å². The third-order valence-corrected chi connectivity index (χ3v) is 2.70. The number of rotatable bonds is 6. The molecule has 0 radical (unpaired) electrons. The zero-order valence-corrected chi connectivity index (χ0v) is 10.8. The summed E-state index contributed by atoms with van der Waals surface area (Å²) in [5.41, 5.74) is 2.45. The zero-order chi connectivity index (χ0) is 12.5. The Balaban J connectivity index is 2.27. The quantitative estimate of drug-likeness (QED) is 0.730. The molecule has 0 aliphatic carbocycles. The molecule has 0 spiro atoms. The number of unbranched alkanes of at least 4 members (excludes halogenated alkanes) is 1. The number of benzene rings is 1. The van der Waals surface area contributed by atoms with Crippen LogP contribution >= 0.6 is 0 Å². The lowest BCUT2D eigenvalue weighted by molar-refractivity contribution is 0.240. The van der Waals surface area contributed by atoms with Crippen molar-refractivity contribution in [2.24, 2.45) is 0 Å². The van der Waals surface area contributed by atoms with Crippen LogP contribution in [0.25, 0.3) is 0 Å². The number of hydrogen-bond donors (Lipinski definition) is 2. The summed E-state index contributed by atoms with van der Waals surface area (Å²) in [6, 6.07) is 8.24. The van der Waals surface area contributed by atoms with Crippen molar-refractivity contribution in [1.29, 1.82) is 0 Å². The fraction of sp³-hybridized carbons (Fsp3) is 0.500. The fourth-order valence-electron chi connectivity index (χ4n) is 1.52. The van der Waals surface area contributed by atoms with Crippen LogP contribution in [-0.4, -0.2) is 12.6 Å². The predicted molar refractivity (Wildman–Crippen MR) is 71.0 cm³/mol. The average molecular weight is 234 g/mol. The summed E-state index contributed by atoms with van der Waals surface area (Å²) in [6.45, 7) is 5.57. The Morgan fingerprint density at radius 1 is 1.06 bits per heavy atom. The third kappa shape index (κ3) is 5.38. The van der Waals surface area contributed by atoms with Crippen LogP contribution < -0.4 is 10.6 Å². The highest BCUT2D eigenvalue weighted by molar-refractivity contribution is 5.73. The van der Waals surface area contributed by atoms with Crippen molar-refractivity contribution in [1.82, 2.24) is 10.6 Å². The average Bonchev–Trinajstić information content (AvgIpc) is 2.37. The van der Waals surface area contributed by atoms with E-state index in [0.717, 1.165) is 31.4 Å². The Kier molecular flexibility index (Phi) is 6.15. The maximum Gasteiger partial charge on any atom is 0.315 e. The molecule has 0 fully saturated rings. The molecule has 0 atom stereocenters. The minimum Gasteiger partial charge on any atom is -0.338 e. The number of carbonyl (C=O) groups is 1. The normalized spacial score (nSPS) is 10.0. The van der Waals surface area contributed by atoms with E-state index >= 15 is 0 Å². The second kappa shape index (κ2) is 7.71. The highest BCUT2D eigenvalue weighted by Gasteiger charge is 1.99. The lowest BCUT2D eigenvalue weighted by Gasteiger charge is -2.07. The van der Waals surface area contributed by atoms with Gasteiger partial charge in [-0.2, -0.15) is 0 Å². The van der Waals surface area contributed by atoms with Crippen LogP contribution in [0.15, 0.2) is 24.3 Å². The first kappa shape index (κ1) is 13.6. The van der Waals surface area contributed by atoms with E-state index in [1.165, 1.54) is 5.56 Å². The number of nitrogens with one attached hydrogen (secondary N) is 2. The summed E-state index contributed by atoms with van der Waals surface area (Å²) in [6.07, 6.45) is 3.17. The Hall–Kier alpha value is -1.51. The Bertz CT molecular complexity index is 333. The van der Waals surface area contributed by atoms with Gasteiger partial charge in [0.2, 0.25) is 0 Å². The van der Waals surface area contributed by atoms with Gasteiger partial charge in [-0.05, 0) is 24.0 Å². The van der Waals surface area contributed by atoms with Crippen molar-refractivity contribution >= 4 is 6.03 Å². The molecule has 0 saturated carbocycles. The van der Waals surface area contributed by atoms with E-state index in [4.69, 9.17) is 0 Å². The Morgan fingerprint density at radius 2 is 1.71 bits per heavy atom. The van der Waals surface area contributed by atoms with E-state index < -0.39 is 0 Å². The maximum absolute atomic E-state index is 11.4. The highest BCUT2D eigenvalue weighted by Crippen LogP contribution is 2.04. The number of amides is 2. The highest BCUT2D eigenvalue weighted by atomic mass is 16.2. The number of carbonyl (C=O) groups excluding carboxylic acids is 1. The number of hydrogen-bond acceptors (Lipinski definition) is 1. The van der Waals surface area contributed by atoms with Crippen molar-refractivity contribution in [3.05, 3.63) is 35.4 Å². The second-order valence-corrected chi connectivity index (χ2v) is 4.13. The Morgan fingerprint density at radius 3 is 2.29 bits per heavy atom. The summed E-state index contributed by atoms with van der Waals surface area (Å²) in [5.74, 6) is 0. The lowest BCUT2D eigenvalue weighted by Crippen LogP contribution is -2.35. The van der Waals surface area contributed by atoms with Gasteiger partial charge in [0.25, 0.3) is 0 Å². The van der Waals surface area contributed by atoms with Gasteiger partial charge < -0.3 is 10.6 Å². The monoisotopic (exact) mass is 234 g/mol. The SMILES string of the molecule is CCCCNC(=O)NCc1ccc(CC)cc1. The molecule has 0 aromatic heterocycles. The van der Waals surface area contributed by atoms with Gasteiger partial charge in [0, 0.05) is 13.1 Å². The zero-order valence-electron chi connectivity index (χ0n) is 10.8. The summed E-state index contributed by atoms with van der Waals surface area (Å²) < 4.78 is 0. The number of aryl methyl sites for hydroxylation is 1. The van der Waals surface area contributed by atoms with Crippen LogP contribution in [0.1, 0.15) is 37.8 Å². The molecule has 0 bridgehead atoms. The van der Waals surface area contributed by atoms with E-state index in [-0.39, 0.29) is 6.03 Å². The minimum atomic E-state index is -0.0852. The van der Waals surface area contributed by atoms with Crippen LogP contribution in [0.3, 0.4) is 0 Å². The fourth-order valence-corrected chi connectivity index (χ4v) is 1.52. The van der Waals surface area contributed by atoms with Crippen LogP contribution in [0.4, 0.5) is 4.79 Å². The van der Waals surface area contributed by atoms with Gasteiger partial charge in [-0.1, -0.05) is 44.5 Å². The van der Waals surface area contributed by atoms with Crippen LogP contribution in [0.5, 0.6) is 0 Å². The summed E-state index contributed by atoms with van der Waals surface area (Å²) >= 11 is 0. The summed E-state index contributed by atoms with van der Waals surface area (Å²) in [7, 11) is 0. The smallest absolute Gasteiger partial charge is 0.315 e. The van der Waals surface area contributed by atoms with E-state index in [2.05, 4.69) is 48.7 Å². The summed E-state index contributed by atoms with van der Waals surface area (Å²) in [5, 5.41) is 5.67. The van der Waals surface area contributed by atoms with Crippen molar-refractivity contribution in [2.75, 3.05) is 6.54 Å². The van der Waals surface area contributed by atoms with E-state index in [9.17, 15) is 4.79 Å². The first-order chi connectivity index (χ1) is 8.26. The molecular formula is C14H22N2O. The largest absolute Gasteiger partial charge is 0.338 e. The van der Waals surface area contributed by atoms with Crippen LogP contribution in [0.2, 0.25) is 0 Å². The lowest BCUT2D eigenvalue weighted by atomic mass is 10.1. The van der Waals surface area contributed by atoms with E-state index in [1.54, 1.807) is 0 Å². The molecule has 3 heteroatoms. The first-order valence-corrected chi connectivity index (χ1v) is 6.35. The van der Waals surface area contributed by atoms with Crippen molar-refractivity contribution in [2.45, 2.75) is 39.7 Å². The molecule has 1 rings (SSSR count). The molecule has 0 unspecified atom stereocenters. The van der Waals surface area contributed by atoms with Crippen LogP contribution in [0, 0.1) is 0 Å². The van der Waals surface area contributed by atoms with Gasteiger partial charge in [-0.25, -0.2) is 4.79 Å².